The maximum Gasteiger partial charge on any atom is 0.573 e. The van der Waals surface area contributed by atoms with Crippen LogP contribution in [0.15, 0.2) is 45.6 Å². The summed E-state index contributed by atoms with van der Waals surface area (Å²) in [6, 6.07) is 6.08. The molecule has 0 saturated carbocycles. The number of rotatable bonds is 2. The van der Waals surface area contributed by atoms with E-state index in [9.17, 15) is 26.7 Å². The van der Waals surface area contributed by atoms with E-state index in [1.165, 1.54) is 18.2 Å². The standard InChI is InChI=1S/C15H6F5NO3/c16-9-5-8-11(6-10(9)17)21-13(23-14(8)22)7-3-1-2-4-12(7)24-15(18,19)20/h1-6H. The van der Waals surface area contributed by atoms with Crippen LogP contribution < -0.4 is 10.4 Å². The number of aromatic nitrogens is 1. The van der Waals surface area contributed by atoms with Gasteiger partial charge in [0.25, 0.3) is 0 Å². The molecule has 3 aromatic rings. The highest BCUT2D eigenvalue weighted by Crippen LogP contribution is 2.32. The van der Waals surface area contributed by atoms with Crippen molar-refractivity contribution in [2.45, 2.75) is 6.36 Å². The van der Waals surface area contributed by atoms with E-state index in [0.717, 1.165) is 6.07 Å². The van der Waals surface area contributed by atoms with Crippen LogP contribution in [0, 0.1) is 11.6 Å². The number of fused-ring (bicyclic) bond motifs is 1. The summed E-state index contributed by atoms with van der Waals surface area (Å²) in [6.07, 6.45) is -4.97. The van der Waals surface area contributed by atoms with Gasteiger partial charge in [0.2, 0.25) is 5.89 Å². The van der Waals surface area contributed by atoms with Crippen molar-refractivity contribution in [2.75, 3.05) is 0 Å². The van der Waals surface area contributed by atoms with Crippen molar-refractivity contribution in [1.29, 1.82) is 0 Å². The molecule has 1 aromatic heterocycles. The van der Waals surface area contributed by atoms with Crippen LogP contribution >= 0.6 is 0 Å². The maximum atomic E-state index is 13.3. The molecule has 0 saturated heterocycles. The third-order valence-electron chi connectivity index (χ3n) is 3.01. The lowest BCUT2D eigenvalue weighted by Crippen LogP contribution is -2.17. The van der Waals surface area contributed by atoms with E-state index in [0.29, 0.717) is 12.1 Å². The Balaban J connectivity index is 2.21. The van der Waals surface area contributed by atoms with E-state index in [1.807, 2.05) is 0 Å². The highest BCUT2D eigenvalue weighted by Gasteiger charge is 2.32. The minimum Gasteiger partial charge on any atom is -0.405 e. The summed E-state index contributed by atoms with van der Waals surface area (Å²) in [5.74, 6) is -3.70. The van der Waals surface area contributed by atoms with Gasteiger partial charge in [-0.1, -0.05) is 12.1 Å². The van der Waals surface area contributed by atoms with Gasteiger partial charge in [-0.05, 0) is 18.2 Å². The first-order valence-electron chi connectivity index (χ1n) is 6.39. The Kier molecular flexibility index (Phi) is 3.70. The van der Waals surface area contributed by atoms with Gasteiger partial charge in [-0.3, -0.25) is 0 Å². The molecule has 0 spiro atoms. The monoisotopic (exact) mass is 343 g/mol. The molecule has 0 aliphatic heterocycles. The molecular weight excluding hydrogens is 337 g/mol. The smallest absolute Gasteiger partial charge is 0.405 e. The summed E-state index contributed by atoms with van der Waals surface area (Å²) in [5.41, 5.74) is -1.60. The van der Waals surface area contributed by atoms with Gasteiger partial charge in [0.1, 0.15) is 5.75 Å². The van der Waals surface area contributed by atoms with Gasteiger partial charge in [-0.15, -0.1) is 13.2 Å². The normalized spacial score (nSPS) is 11.7. The molecule has 0 fully saturated rings. The molecule has 3 rings (SSSR count). The summed E-state index contributed by atoms with van der Waals surface area (Å²) in [7, 11) is 0. The fraction of sp³-hybridized carbons (Fsp3) is 0.0667. The van der Waals surface area contributed by atoms with E-state index in [1.54, 1.807) is 0 Å². The molecule has 0 N–H and O–H groups in total. The fourth-order valence-corrected chi connectivity index (χ4v) is 2.04. The van der Waals surface area contributed by atoms with E-state index in [4.69, 9.17) is 4.42 Å². The first kappa shape index (κ1) is 15.9. The van der Waals surface area contributed by atoms with E-state index >= 15 is 0 Å². The number of ether oxygens (including phenoxy) is 1. The van der Waals surface area contributed by atoms with Crippen molar-refractivity contribution in [3.8, 4) is 17.2 Å². The SMILES string of the molecule is O=c1oc(-c2ccccc2OC(F)(F)F)nc2cc(F)c(F)cc12. The van der Waals surface area contributed by atoms with Crippen LogP contribution in [-0.2, 0) is 0 Å². The Hall–Kier alpha value is -2.97. The van der Waals surface area contributed by atoms with Gasteiger partial charge in [-0.2, -0.15) is 0 Å². The number of para-hydroxylation sites is 1. The molecule has 24 heavy (non-hydrogen) atoms. The Labute approximate surface area is 130 Å². The predicted molar refractivity (Wildman–Crippen MR) is 72.3 cm³/mol. The number of benzene rings is 2. The molecule has 0 aliphatic rings. The van der Waals surface area contributed by atoms with Crippen molar-refractivity contribution in [3.05, 3.63) is 58.5 Å². The molecule has 2 aromatic carbocycles. The number of hydrogen-bond donors (Lipinski definition) is 0. The molecule has 0 bridgehead atoms. The van der Waals surface area contributed by atoms with Crippen molar-refractivity contribution in [1.82, 2.24) is 4.98 Å². The van der Waals surface area contributed by atoms with Crippen molar-refractivity contribution >= 4 is 10.9 Å². The van der Waals surface area contributed by atoms with Crippen LogP contribution in [0.2, 0.25) is 0 Å². The average molecular weight is 343 g/mol. The third-order valence-corrected chi connectivity index (χ3v) is 3.01. The molecule has 0 unspecified atom stereocenters. The lowest BCUT2D eigenvalue weighted by atomic mass is 10.2. The quantitative estimate of drug-likeness (QED) is 0.659. The topological polar surface area (TPSA) is 52.3 Å². The van der Waals surface area contributed by atoms with Crippen LogP contribution in [0.5, 0.6) is 5.75 Å². The van der Waals surface area contributed by atoms with Gasteiger partial charge in [0.15, 0.2) is 11.6 Å². The summed E-state index contributed by atoms with van der Waals surface area (Å²) in [5, 5.41) is -0.341. The first-order chi connectivity index (χ1) is 11.2. The molecule has 0 amide bonds. The van der Waals surface area contributed by atoms with E-state index < -0.39 is 35.3 Å². The minimum absolute atomic E-state index is 0.262. The van der Waals surface area contributed by atoms with Crippen LogP contribution in [0.25, 0.3) is 22.4 Å². The molecule has 0 aliphatic carbocycles. The Morgan fingerprint density at radius 1 is 1.04 bits per heavy atom. The number of alkyl halides is 3. The summed E-state index contributed by atoms with van der Waals surface area (Å²) >= 11 is 0. The van der Waals surface area contributed by atoms with Gasteiger partial charge in [0, 0.05) is 6.07 Å². The van der Waals surface area contributed by atoms with Gasteiger partial charge in [0.05, 0.1) is 16.5 Å². The second-order valence-corrected chi connectivity index (χ2v) is 4.63. The van der Waals surface area contributed by atoms with Crippen LogP contribution in [-0.4, -0.2) is 11.3 Å². The van der Waals surface area contributed by atoms with Crippen LogP contribution in [0.1, 0.15) is 0 Å². The number of nitrogens with zero attached hydrogens (tertiary/aromatic N) is 1. The zero-order chi connectivity index (χ0) is 17.5. The Morgan fingerprint density at radius 3 is 2.42 bits per heavy atom. The van der Waals surface area contributed by atoms with Gasteiger partial charge in [-0.25, -0.2) is 18.6 Å². The summed E-state index contributed by atoms with van der Waals surface area (Å²) in [6.45, 7) is 0. The molecule has 9 heteroatoms. The maximum absolute atomic E-state index is 13.3. The molecular formula is C15H6F5NO3. The minimum atomic E-state index is -4.97. The second kappa shape index (κ2) is 5.59. The zero-order valence-electron chi connectivity index (χ0n) is 11.5. The lowest BCUT2D eigenvalue weighted by molar-refractivity contribution is -0.274. The van der Waals surface area contributed by atoms with E-state index in [2.05, 4.69) is 9.72 Å². The first-order valence-corrected chi connectivity index (χ1v) is 6.39. The highest BCUT2D eigenvalue weighted by atomic mass is 19.4. The van der Waals surface area contributed by atoms with Crippen molar-refractivity contribution < 1.29 is 31.1 Å². The van der Waals surface area contributed by atoms with E-state index in [-0.39, 0.29) is 16.5 Å². The Bertz CT molecular complexity index is 981. The van der Waals surface area contributed by atoms with Crippen LogP contribution in [0.3, 0.4) is 0 Å². The molecule has 124 valence electrons. The van der Waals surface area contributed by atoms with Crippen LogP contribution in [0.4, 0.5) is 22.0 Å². The fourth-order valence-electron chi connectivity index (χ4n) is 2.04. The Morgan fingerprint density at radius 2 is 1.71 bits per heavy atom. The summed E-state index contributed by atoms with van der Waals surface area (Å²) < 4.78 is 72.5. The third kappa shape index (κ3) is 3.05. The molecule has 4 nitrogen and oxygen atoms in total. The largest absolute Gasteiger partial charge is 0.573 e. The van der Waals surface area contributed by atoms with Crippen molar-refractivity contribution in [2.24, 2.45) is 0 Å². The summed E-state index contributed by atoms with van der Waals surface area (Å²) in [4.78, 5) is 15.7. The van der Waals surface area contributed by atoms with Gasteiger partial charge >= 0.3 is 12.0 Å². The zero-order valence-corrected chi connectivity index (χ0v) is 11.5. The lowest BCUT2D eigenvalue weighted by Gasteiger charge is -2.12. The number of hydrogen-bond acceptors (Lipinski definition) is 4. The number of halogens is 5. The van der Waals surface area contributed by atoms with Gasteiger partial charge < -0.3 is 9.15 Å². The average Bonchev–Trinajstić information content (AvgIpc) is 2.48. The second-order valence-electron chi connectivity index (χ2n) is 4.63. The molecule has 1 heterocycles. The highest BCUT2D eigenvalue weighted by molar-refractivity contribution is 5.79. The predicted octanol–water partition coefficient (Wildman–Crippen LogP) is 4.03. The molecule has 0 atom stereocenters. The van der Waals surface area contributed by atoms with Crippen molar-refractivity contribution in [3.63, 3.8) is 0 Å². The molecule has 0 radical (unpaired) electrons.